The molecule has 24 heavy (non-hydrogen) atoms. The van der Waals surface area contributed by atoms with E-state index in [0.717, 1.165) is 11.3 Å². The van der Waals surface area contributed by atoms with Gasteiger partial charge in [0, 0.05) is 11.8 Å². The average Bonchev–Trinajstić information content (AvgIpc) is 2.61. The molecule has 0 bridgehead atoms. The highest BCUT2D eigenvalue weighted by atomic mass is 32.1. The van der Waals surface area contributed by atoms with Crippen molar-refractivity contribution in [1.29, 1.82) is 0 Å². The van der Waals surface area contributed by atoms with Crippen molar-refractivity contribution in [3.05, 3.63) is 54.1 Å². The molecule has 2 rings (SSSR count). The van der Waals surface area contributed by atoms with Gasteiger partial charge in [0.05, 0.1) is 25.6 Å². The van der Waals surface area contributed by atoms with E-state index in [9.17, 15) is 4.79 Å². The molecular weight excluding hydrogens is 326 g/mol. The number of amides is 1. The molecule has 0 saturated heterocycles. The van der Waals surface area contributed by atoms with Crippen molar-refractivity contribution in [3.8, 4) is 5.75 Å². The Kier molecular flexibility index (Phi) is 6.27. The Labute approximate surface area is 145 Å². The van der Waals surface area contributed by atoms with Crippen molar-refractivity contribution in [1.82, 2.24) is 5.32 Å². The number of rotatable bonds is 4. The van der Waals surface area contributed by atoms with Gasteiger partial charge >= 0.3 is 6.09 Å². The van der Waals surface area contributed by atoms with Crippen LogP contribution in [0.25, 0.3) is 0 Å². The Morgan fingerprint density at radius 1 is 1.12 bits per heavy atom. The predicted molar refractivity (Wildman–Crippen MR) is 98.5 cm³/mol. The minimum Gasteiger partial charge on any atom is -0.496 e. The first kappa shape index (κ1) is 17.4. The van der Waals surface area contributed by atoms with E-state index >= 15 is 0 Å². The van der Waals surface area contributed by atoms with Crippen LogP contribution in [0.1, 0.15) is 5.56 Å². The Morgan fingerprint density at radius 3 is 2.58 bits per heavy atom. The number of ether oxygens (including phenoxy) is 2. The van der Waals surface area contributed by atoms with E-state index in [1.165, 1.54) is 7.11 Å². The van der Waals surface area contributed by atoms with Crippen LogP contribution in [0.4, 0.5) is 16.2 Å². The lowest BCUT2D eigenvalue weighted by atomic mass is 10.2. The van der Waals surface area contributed by atoms with Crippen molar-refractivity contribution < 1.29 is 14.3 Å². The molecule has 2 N–H and O–H groups in total. The van der Waals surface area contributed by atoms with Crippen LogP contribution in [0.15, 0.2) is 53.5 Å². The van der Waals surface area contributed by atoms with Gasteiger partial charge < -0.3 is 14.8 Å². The SMILES string of the molecule is COC(=O)NC(=S)Nc1ccccc1N=Cc1ccccc1OC. The first-order valence-electron chi connectivity index (χ1n) is 7.06. The number of thiocarbonyl (C=S) groups is 1. The van der Waals surface area contributed by atoms with E-state index in [1.54, 1.807) is 19.4 Å². The average molecular weight is 343 g/mol. The Bertz CT molecular complexity index is 762. The monoisotopic (exact) mass is 343 g/mol. The first-order valence-corrected chi connectivity index (χ1v) is 7.47. The van der Waals surface area contributed by atoms with Crippen LogP contribution in [0.3, 0.4) is 0 Å². The largest absolute Gasteiger partial charge is 0.496 e. The van der Waals surface area contributed by atoms with Crippen LogP contribution in [0, 0.1) is 0 Å². The van der Waals surface area contributed by atoms with Gasteiger partial charge in [-0.3, -0.25) is 10.3 Å². The molecule has 0 heterocycles. The van der Waals surface area contributed by atoms with Gasteiger partial charge in [-0.25, -0.2) is 4.79 Å². The second-order valence-corrected chi connectivity index (χ2v) is 5.00. The van der Waals surface area contributed by atoms with Gasteiger partial charge in [0.25, 0.3) is 0 Å². The lowest BCUT2D eigenvalue weighted by Gasteiger charge is -2.10. The summed E-state index contributed by atoms with van der Waals surface area (Å²) >= 11 is 5.06. The van der Waals surface area contributed by atoms with Crippen LogP contribution in [-0.4, -0.2) is 31.6 Å². The van der Waals surface area contributed by atoms with E-state index in [2.05, 4.69) is 20.4 Å². The topological polar surface area (TPSA) is 72.0 Å². The maximum absolute atomic E-state index is 11.2. The summed E-state index contributed by atoms with van der Waals surface area (Å²) in [6, 6.07) is 14.9. The van der Waals surface area contributed by atoms with E-state index < -0.39 is 6.09 Å². The van der Waals surface area contributed by atoms with Gasteiger partial charge in [-0.15, -0.1) is 0 Å². The maximum Gasteiger partial charge on any atom is 0.413 e. The van der Waals surface area contributed by atoms with E-state index in [0.29, 0.717) is 11.4 Å². The molecule has 7 heteroatoms. The van der Waals surface area contributed by atoms with Crippen LogP contribution in [0.2, 0.25) is 0 Å². The fourth-order valence-electron chi connectivity index (χ4n) is 1.90. The second-order valence-electron chi connectivity index (χ2n) is 4.59. The van der Waals surface area contributed by atoms with Gasteiger partial charge in [-0.2, -0.15) is 0 Å². The van der Waals surface area contributed by atoms with E-state index in [1.807, 2.05) is 42.5 Å². The van der Waals surface area contributed by atoms with Crippen LogP contribution >= 0.6 is 12.2 Å². The Balaban J connectivity index is 2.18. The number of para-hydroxylation sites is 3. The molecule has 0 unspecified atom stereocenters. The van der Waals surface area contributed by atoms with Gasteiger partial charge in [0.2, 0.25) is 0 Å². The summed E-state index contributed by atoms with van der Waals surface area (Å²) in [6.07, 6.45) is 1.07. The predicted octanol–water partition coefficient (Wildman–Crippen LogP) is 3.50. The molecule has 2 aromatic rings. The van der Waals surface area contributed by atoms with Gasteiger partial charge in [-0.1, -0.05) is 24.3 Å². The molecule has 2 aromatic carbocycles. The maximum atomic E-state index is 11.2. The summed E-state index contributed by atoms with van der Waals surface area (Å²) in [4.78, 5) is 15.6. The fraction of sp³-hybridized carbons (Fsp3) is 0.118. The van der Waals surface area contributed by atoms with Gasteiger partial charge in [-0.05, 0) is 36.5 Å². The Morgan fingerprint density at radius 2 is 1.83 bits per heavy atom. The molecule has 124 valence electrons. The molecule has 0 aromatic heterocycles. The molecule has 0 aliphatic carbocycles. The lowest BCUT2D eigenvalue weighted by molar-refractivity contribution is 0.177. The summed E-state index contributed by atoms with van der Waals surface area (Å²) in [5, 5.41) is 5.43. The molecule has 0 saturated carbocycles. The zero-order valence-corrected chi connectivity index (χ0v) is 14.1. The van der Waals surface area contributed by atoms with E-state index in [-0.39, 0.29) is 5.11 Å². The molecule has 1 amide bonds. The number of alkyl carbamates (subject to hydrolysis) is 1. The van der Waals surface area contributed by atoms with Crippen molar-refractivity contribution in [2.45, 2.75) is 0 Å². The van der Waals surface area contributed by atoms with Crippen LogP contribution < -0.4 is 15.4 Å². The number of carbonyl (C=O) groups excluding carboxylic acids is 1. The molecule has 0 aliphatic heterocycles. The summed E-state index contributed by atoms with van der Waals surface area (Å²) in [5.74, 6) is 0.731. The van der Waals surface area contributed by atoms with Crippen LogP contribution in [-0.2, 0) is 4.74 Å². The molecule has 0 aliphatic rings. The highest BCUT2D eigenvalue weighted by molar-refractivity contribution is 7.80. The van der Waals surface area contributed by atoms with Gasteiger partial charge in [0.1, 0.15) is 5.75 Å². The smallest absolute Gasteiger partial charge is 0.413 e. The fourth-order valence-corrected chi connectivity index (χ4v) is 2.09. The number of aliphatic imine (C=N–C) groups is 1. The third-order valence-corrected chi connectivity index (χ3v) is 3.24. The second kappa shape index (κ2) is 8.64. The quantitative estimate of drug-likeness (QED) is 0.657. The third-order valence-electron chi connectivity index (χ3n) is 3.03. The molecule has 0 atom stereocenters. The molecule has 0 radical (unpaired) electrons. The molecule has 0 fully saturated rings. The number of hydrogen-bond acceptors (Lipinski definition) is 5. The minimum absolute atomic E-state index is 0.127. The zero-order chi connectivity index (χ0) is 17.4. The number of anilines is 1. The Hall–Kier alpha value is -2.93. The lowest BCUT2D eigenvalue weighted by Crippen LogP contribution is -2.33. The number of nitrogens with zero attached hydrogens (tertiary/aromatic N) is 1. The first-order chi connectivity index (χ1) is 11.6. The van der Waals surface area contributed by atoms with Crippen molar-refractivity contribution in [2.75, 3.05) is 19.5 Å². The third kappa shape index (κ3) is 4.79. The molecular formula is C17H17N3O3S. The standard InChI is InChI=1S/C17H17N3O3S/c1-22-15-10-6-3-7-12(15)11-18-13-8-4-5-9-14(13)19-16(24)20-17(21)23-2/h3-11H,1-2H3,(H2,19,20,21,24). The highest BCUT2D eigenvalue weighted by Crippen LogP contribution is 2.25. The van der Waals surface area contributed by atoms with Crippen LogP contribution in [0.5, 0.6) is 5.75 Å². The summed E-state index contributed by atoms with van der Waals surface area (Å²) in [6.45, 7) is 0. The minimum atomic E-state index is -0.637. The number of nitrogens with one attached hydrogen (secondary N) is 2. The number of benzene rings is 2. The number of carbonyl (C=O) groups is 1. The number of hydrogen-bond donors (Lipinski definition) is 2. The van der Waals surface area contributed by atoms with Crippen molar-refractivity contribution in [2.24, 2.45) is 4.99 Å². The van der Waals surface area contributed by atoms with Gasteiger partial charge in [0.15, 0.2) is 5.11 Å². The van der Waals surface area contributed by atoms with Crippen molar-refractivity contribution in [3.63, 3.8) is 0 Å². The number of methoxy groups -OCH3 is 2. The zero-order valence-electron chi connectivity index (χ0n) is 13.3. The van der Waals surface area contributed by atoms with E-state index in [4.69, 9.17) is 17.0 Å². The molecule has 0 spiro atoms. The normalized spacial score (nSPS) is 10.2. The summed E-state index contributed by atoms with van der Waals surface area (Å²) in [7, 11) is 2.88. The highest BCUT2D eigenvalue weighted by Gasteiger charge is 2.06. The van der Waals surface area contributed by atoms with Crippen molar-refractivity contribution >= 4 is 41.0 Å². The molecule has 6 nitrogen and oxygen atoms in total. The summed E-state index contributed by atoms with van der Waals surface area (Å²) < 4.78 is 9.79. The summed E-state index contributed by atoms with van der Waals surface area (Å²) in [5.41, 5.74) is 2.17.